The van der Waals surface area contributed by atoms with Gasteiger partial charge in [0.05, 0.1) is 102 Å². The van der Waals surface area contributed by atoms with E-state index < -0.39 is 93.0 Å². The average molecular weight is 1420 g/mol. The first-order valence-electron chi connectivity index (χ1n) is 32.2. The minimum atomic E-state index is -1.40. The molecule has 10 aromatic rings. The normalized spacial score (nSPS) is 30.6. The van der Waals surface area contributed by atoms with E-state index in [0.29, 0.717) is 56.9 Å². The van der Waals surface area contributed by atoms with Crippen LogP contribution in [0, 0.1) is 57.3 Å². The molecule has 5 fully saturated rings. The van der Waals surface area contributed by atoms with Crippen LogP contribution >= 0.6 is 0 Å². The summed E-state index contributed by atoms with van der Waals surface area (Å²) in [7, 11) is -1.40. The maximum Gasteiger partial charge on any atom is 0.167 e. The van der Waals surface area contributed by atoms with E-state index in [1.54, 1.807) is 35.0 Å². The number of nitrogens with two attached hydrogens (primary N) is 1. The van der Waals surface area contributed by atoms with Crippen molar-refractivity contribution >= 4 is 61.6 Å². The molecule has 0 bridgehead atoms. The van der Waals surface area contributed by atoms with Crippen molar-refractivity contribution in [1.82, 2.24) is 97.6 Å². The van der Waals surface area contributed by atoms with Crippen LogP contribution in [0.15, 0.2) is 63.3 Å². The minimum absolute atomic E-state index is 0. The van der Waals surface area contributed by atoms with Crippen molar-refractivity contribution in [2.45, 2.75) is 192 Å². The first-order chi connectivity index (χ1) is 46.9. The number of methoxy groups -OCH3 is 1. The molecule has 36 nitrogen and oxygen atoms in total. The molecule has 21 atom stereocenters. The Kier molecular flexibility index (Phi) is 27.1. The Morgan fingerprint density at radius 1 is 0.376 bits per heavy atom. The van der Waals surface area contributed by atoms with Crippen LogP contribution in [0.1, 0.15) is 128 Å². The summed E-state index contributed by atoms with van der Waals surface area (Å²) in [6.45, 7) is 18.8. The molecule has 556 valence electrons. The Bertz CT molecular complexity index is 3900. The van der Waals surface area contributed by atoms with Gasteiger partial charge in [0, 0.05) is 24.8 Å². The van der Waals surface area contributed by atoms with Gasteiger partial charge in [0.1, 0.15) is 121 Å². The van der Waals surface area contributed by atoms with Gasteiger partial charge in [-0.15, -0.1) is 0 Å². The van der Waals surface area contributed by atoms with Crippen molar-refractivity contribution in [1.29, 1.82) is 0 Å². The van der Waals surface area contributed by atoms with E-state index in [1.165, 1.54) is 47.1 Å². The van der Waals surface area contributed by atoms with Gasteiger partial charge in [0.2, 0.25) is 0 Å². The fourth-order valence-corrected chi connectivity index (χ4v) is 12.0. The van der Waals surface area contributed by atoms with Crippen LogP contribution in [0.3, 0.4) is 0 Å². The number of anilines is 1. The lowest BCUT2D eigenvalue weighted by atomic mass is 9.82. The van der Waals surface area contributed by atoms with Gasteiger partial charge in [-0.2, -0.15) is 0 Å². The molecule has 0 saturated carbocycles. The third kappa shape index (κ3) is 16.3. The van der Waals surface area contributed by atoms with Crippen LogP contribution in [0.4, 0.5) is 5.82 Å². The number of aromatic nitrogens is 20. The molecule has 0 aromatic carbocycles. The minimum Gasteiger partial charge on any atom is -0.390 e. The molecule has 15 heterocycles. The summed E-state index contributed by atoms with van der Waals surface area (Å²) in [6, 6.07) is 0. The van der Waals surface area contributed by atoms with Crippen molar-refractivity contribution in [2.24, 2.45) is 29.6 Å². The Hall–Kier alpha value is -8.05. The second kappa shape index (κ2) is 34.7. The zero-order valence-electron chi connectivity index (χ0n) is 55.9. The van der Waals surface area contributed by atoms with Gasteiger partial charge in [-0.05, 0) is 39.5 Å². The predicted molar refractivity (Wildman–Crippen MR) is 369 cm³/mol. The molecule has 0 amide bonds. The average Bonchev–Trinajstić information content (AvgIpc) is 1.71. The predicted octanol–water partition coefficient (Wildman–Crippen LogP) is 3.22. The lowest BCUT2D eigenvalue weighted by Gasteiger charge is -2.38. The maximum atomic E-state index is 10.5. The van der Waals surface area contributed by atoms with Crippen molar-refractivity contribution in [3.05, 3.63) is 86.0 Å². The summed E-state index contributed by atoms with van der Waals surface area (Å²) < 4.78 is 56.0. The Morgan fingerprint density at radius 2 is 0.683 bits per heavy atom. The van der Waals surface area contributed by atoms with Gasteiger partial charge >= 0.3 is 0 Å². The van der Waals surface area contributed by atoms with E-state index in [2.05, 4.69) is 100 Å². The molecule has 5 aliphatic rings. The number of aryl methyl sites for hydroxylation is 4. The number of aliphatic hydroxyl groups excluding tert-OH is 9. The van der Waals surface area contributed by atoms with E-state index >= 15 is 0 Å². The fraction of sp³-hybridized carbons (Fsp3) is 0.615. The van der Waals surface area contributed by atoms with Gasteiger partial charge < -0.3 is 80.1 Å². The Balaban J connectivity index is 0.000000200. The number of hydrogen-bond donors (Lipinski definition) is 10. The van der Waals surface area contributed by atoms with Crippen LogP contribution in [-0.2, 0) is 28.4 Å². The van der Waals surface area contributed by atoms with E-state index in [4.69, 9.17) is 36.9 Å². The van der Waals surface area contributed by atoms with Crippen LogP contribution < -0.4 is 5.73 Å². The highest BCUT2D eigenvalue weighted by molar-refractivity contribution is 5.81. The molecule has 36 heteroatoms. The summed E-state index contributed by atoms with van der Waals surface area (Å²) in [5.41, 5.74) is 15.1. The molecule has 21 unspecified atom stereocenters. The SMILES string of the molecule is C.C.C.C.C.Cc1ncnc2c1ncn2C1OCC(C)C(C)C1C.Cc1ncnc2c1ncn2C1OCC(O)C(O)C1C.Cc1ncnc2c1ncn2C1OCC(O)C(O)C1O.Nc1ncnc2c1ncn2C1OCC(O)C(O)C1O.[2H]C([3H])OC1COC(n2cnc3c(C)ncnc32)C(O)C1C. The highest BCUT2D eigenvalue weighted by Crippen LogP contribution is 2.39. The zero-order chi connectivity index (χ0) is 70.1. The number of rotatable bonds is 6. The van der Waals surface area contributed by atoms with E-state index in [0.717, 1.165) is 46.1 Å². The van der Waals surface area contributed by atoms with Gasteiger partial charge in [-0.25, -0.2) is 74.8 Å². The van der Waals surface area contributed by atoms with Crippen molar-refractivity contribution < 1.29 is 77.1 Å². The second-order valence-electron chi connectivity index (χ2n) is 24.6. The largest absolute Gasteiger partial charge is 0.390 e. The van der Waals surface area contributed by atoms with Gasteiger partial charge in [-0.3, -0.25) is 22.8 Å². The quantitative estimate of drug-likeness (QED) is 0.114. The monoisotopic (exact) mass is 1420 g/mol. The van der Waals surface area contributed by atoms with Gasteiger partial charge in [0.15, 0.2) is 52.7 Å². The van der Waals surface area contributed by atoms with Crippen LogP contribution in [-0.4, -0.2) is 245 Å². The van der Waals surface area contributed by atoms with Gasteiger partial charge in [-0.1, -0.05) is 71.8 Å². The molecule has 5 aliphatic heterocycles. The lowest BCUT2D eigenvalue weighted by Crippen LogP contribution is -2.50. The highest BCUT2D eigenvalue weighted by atomic mass is 16.6. The first-order valence-corrected chi connectivity index (χ1v) is 31.1. The number of hydrogen-bond acceptors (Lipinski definition) is 31. The van der Waals surface area contributed by atoms with Crippen molar-refractivity contribution in [2.75, 3.05) is 45.8 Å². The zero-order valence-corrected chi connectivity index (χ0v) is 53.9. The van der Waals surface area contributed by atoms with Gasteiger partial charge in [0.25, 0.3) is 0 Å². The summed E-state index contributed by atoms with van der Waals surface area (Å²) in [5.74, 6) is 1.34. The maximum absolute atomic E-state index is 10.5. The summed E-state index contributed by atoms with van der Waals surface area (Å²) in [6.07, 6.45) is 2.03. The number of nitrogens with zero attached hydrogens (tertiary/aromatic N) is 20. The second-order valence-corrected chi connectivity index (χ2v) is 24.6. The molecule has 5 saturated heterocycles. The fourth-order valence-electron chi connectivity index (χ4n) is 12.0. The van der Waals surface area contributed by atoms with E-state index in [-0.39, 0.29) is 87.4 Å². The van der Waals surface area contributed by atoms with Crippen LogP contribution in [0.5, 0.6) is 0 Å². The first kappa shape index (κ1) is 78.7. The molecule has 101 heavy (non-hydrogen) atoms. The number of ether oxygens (including phenoxy) is 6. The third-order valence-electron chi connectivity index (χ3n) is 18.4. The molecule has 11 N–H and O–H groups in total. The van der Waals surface area contributed by atoms with E-state index in [9.17, 15) is 46.0 Å². The van der Waals surface area contributed by atoms with Crippen LogP contribution in [0.25, 0.3) is 55.8 Å². The Morgan fingerprint density at radius 3 is 1.08 bits per heavy atom. The highest BCUT2D eigenvalue weighted by Gasteiger charge is 2.43. The Labute approximate surface area is 587 Å². The molecule has 15 rings (SSSR count). The third-order valence-corrected chi connectivity index (χ3v) is 18.4. The molecule has 0 radical (unpaired) electrons. The summed E-state index contributed by atoms with van der Waals surface area (Å²) in [4.78, 5) is 62.4. The van der Waals surface area contributed by atoms with Crippen molar-refractivity contribution in [3.8, 4) is 0 Å². The smallest absolute Gasteiger partial charge is 0.167 e. The molecule has 10 aromatic heterocycles. The van der Waals surface area contributed by atoms with E-state index in [1.807, 2.05) is 40.9 Å². The molecular weight excluding hydrogens is 1310 g/mol. The molecular formula is C65H101N21O15. The number of nitrogen functional groups attached to an aromatic ring is 1. The summed E-state index contributed by atoms with van der Waals surface area (Å²) >= 11 is 0. The molecule has 0 aliphatic carbocycles. The number of aliphatic hydroxyl groups is 9. The molecule has 0 spiro atoms. The van der Waals surface area contributed by atoms with Crippen LogP contribution in [0.2, 0.25) is 0 Å². The summed E-state index contributed by atoms with van der Waals surface area (Å²) in [5, 5.41) is 88.2. The topological polar surface area (TPSA) is 481 Å². The number of fused-ring (bicyclic) bond motifs is 5. The lowest BCUT2D eigenvalue weighted by molar-refractivity contribution is -0.210. The standard InChI is InChI=1S/C14H20N4O.C13H18N4O3.C12H16N4O3.C11H14N4O4.C10H13N5O4.5CH4/c1-8-5-19-14(10(3)9(8)2)18-7-17-12-11(4)15-6-16-13(12)18;1-7-9(19-3)4-20-13(11(7)18)17-6-16-10-8(2)14-5-15-12(10)17;1-6-10(18)8(17)3-19-12(6)16-5-15-9-7(2)13-4-14-11(9)16;1-5-7-10(13-3-12-5)15(4-14-7)11-9(18)8(17)6(16)2-19-11;11-8-5-9(13-2-12-8)15(3-14-5)10-7(18)6(17)4(16)1-19-10;;;;;/h6-10,14H,5H2,1-4H3;5-7,9,11,13,18H,4H2,1-3H3;4-6,8,10,12,17-18H,3H2,1-2H3;3-4,6,8-9,11,16-18H,2H2,1H3;2-4,6-7,10,16-18H,1H2,(H2,11,12,13);5*1H4/i;3TD;;;;;;;;. The number of imidazole rings is 5. The van der Waals surface area contributed by atoms with Crippen molar-refractivity contribution in [3.63, 3.8) is 0 Å².